The number of hydrogen-bond acceptors (Lipinski definition) is 2. The van der Waals surface area contributed by atoms with E-state index in [4.69, 9.17) is 0 Å². The van der Waals surface area contributed by atoms with Gasteiger partial charge in [0.25, 0.3) is 0 Å². The highest BCUT2D eigenvalue weighted by Crippen LogP contribution is 2.51. The monoisotopic (exact) mass is 298 g/mol. The van der Waals surface area contributed by atoms with Crippen LogP contribution in [0, 0.1) is 17.8 Å². The molecule has 5 unspecified atom stereocenters. The topological polar surface area (TPSA) is 6.48 Å². The summed E-state index contributed by atoms with van der Waals surface area (Å²) < 4.78 is 0. The Morgan fingerprint density at radius 2 is 1.82 bits per heavy atom. The minimum absolute atomic E-state index is 0.768. The largest absolute Gasteiger partial charge is 0.306 e. The maximum atomic E-state index is 2.79. The summed E-state index contributed by atoms with van der Waals surface area (Å²) in [6.07, 6.45) is 4.27. The maximum absolute atomic E-state index is 2.79. The first-order valence-electron chi connectivity index (χ1n) is 9.25. The molecule has 0 aromatic heterocycles. The number of fused-ring (bicyclic) bond motifs is 3. The predicted octanol–water partition coefficient (Wildman–Crippen LogP) is 3.45. The van der Waals surface area contributed by atoms with Crippen LogP contribution in [0.4, 0.5) is 0 Å². The zero-order valence-corrected chi connectivity index (χ0v) is 14.1. The van der Waals surface area contributed by atoms with E-state index >= 15 is 0 Å². The fourth-order valence-electron chi connectivity index (χ4n) is 5.84. The van der Waals surface area contributed by atoms with E-state index in [1.165, 1.54) is 45.4 Å². The highest BCUT2D eigenvalue weighted by molar-refractivity contribution is 5.24. The van der Waals surface area contributed by atoms with Crippen molar-refractivity contribution in [2.45, 2.75) is 38.1 Å². The van der Waals surface area contributed by atoms with Crippen molar-refractivity contribution in [2.24, 2.45) is 17.8 Å². The SMILES string of the molecule is CCN1CCCC2C3CN(C)CC3C(c3ccccc3)CC21. The Morgan fingerprint density at radius 1 is 1.05 bits per heavy atom. The molecule has 0 N–H and O–H groups in total. The van der Waals surface area contributed by atoms with Crippen molar-refractivity contribution >= 4 is 0 Å². The van der Waals surface area contributed by atoms with E-state index in [0.717, 1.165) is 29.7 Å². The van der Waals surface area contributed by atoms with Crippen LogP contribution in [0.1, 0.15) is 37.7 Å². The van der Waals surface area contributed by atoms with Crippen LogP contribution in [-0.4, -0.2) is 49.1 Å². The molecule has 1 aromatic carbocycles. The summed E-state index contributed by atoms with van der Waals surface area (Å²) >= 11 is 0. The van der Waals surface area contributed by atoms with E-state index in [-0.39, 0.29) is 0 Å². The van der Waals surface area contributed by atoms with E-state index < -0.39 is 0 Å². The van der Waals surface area contributed by atoms with Gasteiger partial charge in [-0.25, -0.2) is 0 Å². The van der Waals surface area contributed by atoms with Gasteiger partial charge in [-0.1, -0.05) is 37.3 Å². The molecule has 120 valence electrons. The Kier molecular flexibility index (Phi) is 4.00. The lowest BCUT2D eigenvalue weighted by molar-refractivity contribution is 0.00628. The molecule has 2 heteroatoms. The minimum atomic E-state index is 0.768. The Morgan fingerprint density at radius 3 is 2.59 bits per heavy atom. The van der Waals surface area contributed by atoms with E-state index in [0.29, 0.717) is 0 Å². The predicted molar refractivity (Wildman–Crippen MR) is 92.0 cm³/mol. The van der Waals surface area contributed by atoms with Crippen LogP contribution < -0.4 is 0 Å². The lowest BCUT2D eigenvalue weighted by Gasteiger charge is -2.51. The third kappa shape index (κ3) is 2.41. The third-order valence-corrected chi connectivity index (χ3v) is 6.74. The number of hydrogen-bond donors (Lipinski definition) is 0. The molecule has 22 heavy (non-hydrogen) atoms. The number of benzene rings is 1. The second-order valence-electron chi connectivity index (χ2n) is 7.80. The van der Waals surface area contributed by atoms with Gasteiger partial charge in [0, 0.05) is 19.1 Å². The molecule has 5 atom stereocenters. The smallest absolute Gasteiger partial charge is 0.0133 e. The van der Waals surface area contributed by atoms with Gasteiger partial charge < -0.3 is 9.80 Å². The molecular formula is C20H30N2. The standard InChI is InChI=1S/C20H30N2/c1-3-22-11-7-10-16-18-13-21(2)14-19(18)17(12-20(16)22)15-8-5-4-6-9-15/h4-6,8-9,16-20H,3,7,10-14H2,1-2H3. The quantitative estimate of drug-likeness (QED) is 0.825. The second kappa shape index (κ2) is 5.98. The van der Waals surface area contributed by atoms with Crippen molar-refractivity contribution in [3.8, 4) is 0 Å². The van der Waals surface area contributed by atoms with E-state index in [1.807, 2.05) is 0 Å². The van der Waals surface area contributed by atoms with Crippen molar-refractivity contribution < 1.29 is 0 Å². The lowest BCUT2D eigenvalue weighted by Crippen LogP contribution is -2.53. The molecule has 2 saturated heterocycles. The van der Waals surface area contributed by atoms with Gasteiger partial charge in [0.05, 0.1) is 0 Å². The van der Waals surface area contributed by atoms with Gasteiger partial charge in [-0.3, -0.25) is 0 Å². The molecule has 2 aliphatic heterocycles. The molecule has 1 aliphatic carbocycles. The van der Waals surface area contributed by atoms with Gasteiger partial charge in [-0.2, -0.15) is 0 Å². The van der Waals surface area contributed by atoms with E-state index in [2.05, 4.69) is 54.1 Å². The van der Waals surface area contributed by atoms with Crippen LogP contribution in [0.15, 0.2) is 30.3 Å². The zero-order chi connectivity index (χ0) is 15.1. The molecule has 1 aromatic rings. The van der Waals surface area contributed by atoms with Crippen molar-refractivity contribution in [3.05, 3.63) is 35.9 Å². The van der Waals surface area contributed by atoms with Crippen molar-refractivity contribution in [1.29, 1.82) is 0 Å². The summed E-state index contributed by atoms with van der Waals surface area (Å²) in [5, 5.41) is 0. The minimum Gasteiger partial charge on any atom is -0.306 e. The molecule has 3 aliphatic rings. The van der Waals surface area contributed by atoms with Crippen LogP contribution in [0.2, 0.25) is 0 Å². The molecular weight excluding hydrogens is 268 g/mol. The summed E-state index contributed by atoms with van der Waals surface area (Å²) in [7, 11) is 2.33. The molecule has 0 amide bonds. The second-order valence-corrected chi connectivity index (χ2v) is 7.80. The normalized spacial score (nSPS) is 39.5. The third-order valence-electron chi connectivity index (χ3n) is 6.74. The molecule has 2 heterocycles. The van der Waals surface area contributed by atoms with Crippen LogP contribution in [0.25, 0.3) is 0 Å². The Balaban J connectivity index is 1.67. The molecule has 0 radical (unpaired) electrons. The first kappa shape index (κ1) is 14.7. The van der Waals surface area contributed by atoms with Gasteiger partial charge in [0.2, 0.25) is 0 Å². The van der Waals surface area contributed by atoms with Gasteiger partial charge in [-0.15, -0.1) is 0 Å². The summed E-state index contributed by atoms with van der Waals surface area (Å²) in [4.78, 5) is 5.39. The Bertz CT molecular complexity index is 498. The van der Waals surface area contributed by atoms with Gasteiger partial charge >= 0.3 is 0 Å². The van der Waals surface area contributed by atoms with Crippen LogP contribution in [0.5, 0.6) is 0 Å². The first-order chi connectivity index (χ1) is 10.8. The van der Waals surface area contributed by atoms with Gasteiger partial charge in [0.1, 0.15) is 0 Å². The average Bonchev–Trinajstić information content (AvgIpc) is 2.96. The number of piperidine rings is 1. The van der Waals surface area contributed by atoms with Crippen molar-refractivity contribution in [1.82, 2.24) is 9.80 Å². The van der Waals surface area contributed by atoms with Crippen LogP contribution in [-0.2, 0) is 0 Å². The summed E-state index contributed by atoms with van der Waals surface area (Å²) in [6, 6.07) is 12.2. The Labute approximate surface area is 135 Å². The van der Waals surface area contributed by atoms with Crippen LogP contribution >= 0.6 is 0 Å². The number of nitrogens with zero attached hydrogens (tertiary/aromatic N) is 2. The molecule has 2 nitrogen and oxygen atoms in total. The maximum Gasteiger partial charge on any atom is 0.0133 e. The van der Waals surface area contributed by atoms with Crippen molar-refractivity contribution in [3.63, 3.8) is 0 Å². The Hall–Kier alpha value is -0.860. The molecule has 1 saturated carbocycles. The number of rotatable bonds is 2. The van der Waals surface area contributed by atoms with Gasteiger partial charge in [-0.05, 0) is 68.6 Å². The molecule has 4 rings (SSSR count). The fraction of sp³-hybridized carbons (Fsp3) is 0.700. The highest BCUT2D eigenvalue weighted by atomic mass is 15.2. The summed E-state index contributed by atoms with van der Waals surface area (Å²) in [5.41, 5.74) is 1.59. The van der Waals surface area contributed by atoms with E-state index in [1.54, 1.807) is 5.56 Å². The highest BCUT2D eigenvalue weighted by Gasteiger charge is 2.50. The summed E-state index contributed by atoms with van der Waals surface area (Å²) in [5.74, 6) is 3.52. The van der Waals surface area contributed by atoms with E-state index in [9.17, 15) is 0 Å². The summed E-state index contributed by atoms with van der Waals surface area (Å²) in [6.45, 7) is 7.54. The average molecular weight is 298 g/mol. The first-order valence-corrected chi connectivity index (χ1v) is 9.25. The fourth-order valence-corrected chi connectivity index (χ4v) is 5.84. The molecule has 3 fully saturated rings. The lowest BCUT2D eigenvalue weighted by atomic mass is 9.61. The van der Waals surface area contributed by atoms with Gasteiger partial charge in [0.15, 0.2) is 0 Å². The molecule has 0 spiro atoms. The molecule has 0 bridgehead atoms. The van der Waals surface area contributed by atoms with Crippen molar-refractivity contribution in [2.75, 3.05) is 33.2 Å². The zero-order valence-electron chi connectivity index (χ0n) is 14.1. The van der Waals surface area contributed by atoms with Crippen LogP contribution in [0.3, 0.4) is 0 Å². The number of likely N-dealkylation sites (tertiary alicyclic amines) is 2.